The van der Waals surface area contributed by atoms with Gasteiger partial charge in [0, 0.05) is 26.8 Å². The number of ether oxygens (including phenoxy) is 1. The number of aromatic nitrogens is 1. The molecule has 33 heavy (non-hydrogen) atoms. The normalized spacial score (nSPS) is 11.8. The van der Waals surface area contributed by atoms with Gasteiger partial charge in [-0.25, -0.2) is 0 Å². The molecule has 0 radical (unpaired) electrons. The van der Waals surface area contributed by atoms with E-state index < -0.39 is 12.3 Å². The monoisotopic (exact) mass is 466 g/mol. The second kappa shape index (κ2) is 7.97. The van der Waals surface area contributed by atoms with Crippen molar-refractivity contribution >= 4 is 39.0 Å². The second-order valence-corrected chi connectivity index (χ2v) is 8.46. The number of thiophene rings is 1. The minimum atomic E-state index is -4.80. The topological polar surface area (TPSA) is 57.2 Å². The quantitative estimate of drug-likeness (QED) is 0.319. The van der Waals surface area contributed by atoms with Crippen LogP contribution in [0.2, 0.25) is 0 Å². The van der Waals surface area contributed by atoms with Gasteiger partial charge in [0.15, 0.2) is 0 Å². The lowest BCUT2D eigenvalue weighted by atomic mass is 10.0. The van der Waals surface area contributed by atoms with Gasteiger partial charge in [-0.1, -0.05) is 42.5 Å². The zero-order valence-electron chi connectivity index (χ0n) is 17.1. The lowest BCUT2D eigenvalue weighted by Crippen LogP contribution is -2.18. The van der Waals surface area contributed by atoms with E-state index in [0.717, 1.165) is 21.3 Å². The van der Waals surface area contributed by atoms with Crippen molar-refractivity contribution in [3.8, 4) is 16.2 Å². The molecular weight excluding hydrogens is 449 g/mol. The molecule has 5 rings (SSSR count). The van der Waals surface area contributed by atoms with E-state index in [4.69, 9.17) is 5.73 Å². The fourth-order valence-corrected chi connectivity index (χ4v) is 4.87. The van der Waals surface area contributed by atoms with Crippen molar-refractivity contribution in [2.75, 3.05) is 0 Å². The number of carbonyl (C=O) groups excluding carboxylic acids is 1. The largest absolute Gasteiger partial charge is 0.573 e. The summed E-state index contributed by atoms with van der Waals surface area (Å²) < 4.78 is 45.1. The number of carbonyl (C=O) groups is 1. The maximum absolute atomic E-state index is 13.0. The SMILES string of the molecule is NC(=O)c1cccc2c1c1ccc(-c3cccs3)cc1n2Cc1ccccc1OC(F)(F)F. The second-order valence-electron chi connectivity index (χ2n) is 7.51. The molecule has 0 bridgehead atoms. The van der Waals surface area contributed by atoms with Gasteiger partial charge in [0.2, 0.25) is 5.91 Å². The number of benzene rings is 3. The fraction of sp³-hybridized carbons (Fsp3) is 0.0800. The summed E-state index contributed by atoms with van der Waals surface area (Å²) in [5.41, 5.74) is 8.82. The van der Waals surface area contributed by atoms with Crippen LogP contribution < -0.4 is 10.5 Å². The van der Waals surface area contributed by atoms with Gasteiger partial charge in [-0.05, 0) is 41.3 Å². The molecule has 3 aromatic carbocycles. The molecule has 166 valence electrons. The summed E-state index contributed by atoms with van der Waals surface area (Å²) >= 11 is 1.59. The van der Waals surface area contributed by atoms with Crippen LogP contribution in [0.25, 0.3) is 32.2 Å². The summed E-state index contributed by atoms with van der Waals surface area (Å²) in [6, 6.07) is 21.1. The third kappa shape index (κ3) is 3.93. The highest BCUT2D eigenvalue weighted by molar-refractivity contribution is 7.13. The number of primary amides is 1. The Hall–Kier alpha value is -3.78. The average Bonchev–Trinajstić information content (AvgIpc) is 3.41. The first-order valence-corrected chi connectivity index (χ1v) is 10.9. The van der Waals surface area contributed by atoms with Crippen molar-refractivity contribution in [1.29, 1.82) is 0 Å². The first-order valence-electron chi connectivity index (χ1n) is 10.0. The highest BCUT2D eigenvalue weighted by Gasteiger charge is 2.32. The summed E-state index contributed by atoms with van der Waals surface area (Å²) in [7, 11) is 0. The molecule has 2 heterocycles. The number of alkyl halides is 3. The summed E-state index contributed by atoms with van der Waals surface area (Å²) in [4.78, 5) is 13.2. The minimum absolute atomic E-state index is 0.113. The van der Waals surface area contributed by atoms with E-state index >= 15 is 0 Å². The number of amides is 1. The van der Waals surface area contributed by atoms with Crippen molar-refractivity contribution in [3.63, 3.8) is 0 Å². The molecule has 8 heteroatoms. The van der Waals surface area contributed by atoms with E-state index in [9.17, 15) is 18.0 Å². The zero-order valence-corrected chi connectivity index (χ0v) is 17.9. The molecule has 0 fully saturated rings. The van der Waals surface area contributed by atoms with E-state index in [1.807, 2.05) is 46.3 Å². The van der Waals surface area contributed by atoms with Crippen molar-refractivity contribution < 1.29 is 22.7 Å². The van der Waals surface area contributed by atoms with Crippen LogP contribution in [0.15, 0.2) is 78.2 Å². The van der Waals surface area contributed by atoms with E-state index in [1.54, 1.807) is 35.6 Å². The van der Waals surface area contributed by atoms with Crippen LogP contribution >= 0.6 is 11.3 Å². The van der Waals surface area contributed by atoms with Gasteiger partial charge in [-0.2, -0.15) is 0 Å². The lowest BCUT2D eigenvalue weighted by Gasteiger charge is -2.15. The number of nitrogens with zero attached hydrogens (tertiary/aromatic N) is 1. The molecular formula is C25H17F3N2O2S. The van der Waals surface area contributed by atoms with Crippen molar-refractivity contribution in [1.82, 2.24) is 4.57 Å². The minimum Gasteiger partial charge on any atom is -0.405 e. The van der Waals surface area contributed by atoms with Gasteiger partial charge < -0.3 is 15.0 Å². The molecule has 0 saturated heterocycles. The lowest BCUT2D eigenvalue weighted by molar-refractivity contribution is -0.274. The number of hydrogen-bond donors (Lipinski definition) is 1. The molecule has 0 spiro atoms. The number of fused-ring (bicyclic) bond motifs is 3. The van der Waals surface area contributed by atoms with Gasteiger partial charge >= 0.3 is 6.36 Å². The predicted octanol–water partition coefficient (Wildman–Crippen LogP) is 6.57. The molecule has 0 unspecified atom stereocenters. The van der Waals surface area contributed by atoms with Crippen molar-refractivity contribution in [2.45, 2.75) is 12.9 Å². The Balaban J connectivity index is 1.76. The average molecular weight is 466 g/mol. The molecule has 5 aromatic rings. The van der Waals surface area contributed by atoms with E-state index in [1.165, 1.54) is 12.1 Å². The maximum Gasteiger partial charge on any atom is 0.573 e. The Morgan fingerprint density at radius 1 is 0.970 bits per heavy atom. The predicted molar refractivity (Wildman–Crippen MR) is 124 cm³/mol. The van der Waals surface area contributed by atoms with Gasteiger partial charge in [0.1, 0.15) is 5.75 Å². The molecule has 0 aliphatic carbocycles. The van der Waals surface area contributed by atoms with Crippen LogP contribution in [-0.2, 0) is 6.54 Å². The van der Waals surface area contributed by atoms with E-state index in [2.05, 4.69) is 4.74 Å². The van der Waals surface area contributed by atoms with Crippen LogP contribution in [0.4, 0.5) is 13.2 Å². The van der Waals surface area contributed by atoms with Crippen LogP contribution in [0, 0.1) is 0 Å². The summed E-state index contributed by atoms with van der Waals surface area (Å²) in [5, 5.41) is 3.45. The Kier molecular flexibility index (Phi) is 5.09. The third-order valence-electron chi connectivity index (χ3n) is 5.49. The highest BCUT2D eigenvalue weighted by Crippen LogP contribution is 2.37. The van der Waals surface area contributed by atoms with E-state index in [-0.39, 0.29) is 12.3 Å². The number of nitrogens with two attached hydrogens (primary N) is 1. The van der Waals surface area contributed by atoms with E-state index in [0.29, 0.717) is 22.0 Å². The van der Waals surface area contributed by atoms with Crippen LogP contribution in [0.1, 0.15) is 15.9 Å². The first kappa shape index (κ1) is 21.1. The van der Waals surface area contributed by atoms with Crippen LogP contribution in [0.3, 0.4) is 0 Å². The van der Waals surface area contributed by atoms with Gasteiger partial charge in [-0.3, -0.25) is 4.79 Å². The molecule has 0 aliphatic heterocycles. The van der Waals surface area contributed by atoms with Crippen LogP contribution in [-0.4, -0.2) is 16.8 Å². The highest BCUT2D eigenvalue weighted by atomic mass is 32.1. The summed E-state index contributed by atoms with van der Waals surface area (Å²) in [6.07, 6.45) is -4.80. The Morgan fingerprint density at radius 3 is 2.52 bits per heavy atom. The zero-order chi connectivity index (χ0) is 23.2. The van der Waals surface area contributed by atoms with Gasteiger partial charge in [0.25, 0.3) is 0 Å². The molecule has 2 N–H and O–H groups in total. The summed E-state index contributed by atoms with van der Waals surface area (Å²) in [6.45, 7) is 0.113. The maximum atomic E-state index is 13.0. The standard InChI is InChI=1S/C25H17F3N2O2S/c26-25(27,28)32-21-8-2-1-5-16(21)14-30-19-7-3-6-18(24(29)31)23(19)17-11-10-15(13-20(17)30)22-9-4-12-33-22/h1-13H,14H2,(H2,29,31). The van der Waals surface area contributed by atoms with Gasteiger partial charge in [-0.15, -0.1) is 24.5 Å². The Bertz CT molecular complexity index is 1490. The van der Waals surface area contributed by atoms with Crippen LogP contribution in [0.5, 0.6) is 5.75 Å². The number of halogens is 3. The molecule has 0 saturated carbocycles. The molecule has 0 atom stereocenters. The molecule has 4 nitrogen and oxygen atoms in total. The number of rotatable bonds is 5. The Labute approximate surface area is 190 Å². The molecule has 0 aliphatic rings. The third-order valence-corrected chi connectivity index (χ3v) is 6.41. The smallest absolute Gasteiger partial charge is 0.405 e. The number of para-hydroxylation sites is 1. The van der Waals surface area contributed by atoms with Gasteiger partial charge in [0.05, 0.1) is 17.6 Å². The molecule has 1 amide bonds. The summed E-state index contributed by atoms with van der Waals surface area (Å²) in [5.74, 6) is -0.830. The van der Waals surface area contributed by atoms with Crippen molar-refractivity contribution in [2.24, 2.45) is 5.73 Å². The number of hydrogen-bond acceptors (Lipinski definition) is 3. The molecule has 2 aromatic heterocycles. The Morgan fingerprint density at radius 2 is 1.79 bits per heavy atom. The fourth-order valence-electron chi connectivity index (χ4n) is 4.15. The first-order chi connectivity index (χ1) is 15.8. The van der Waals surface area contributed by atoms with Crippen molar-refractivity contribution in [3.05, 3.63) is 89.3 Å².